The van der Waals surface area contributed by atoms with E-state index in [0.29, 0.717) is 28.4 Å². The lowest BCUT2D eigenvalue weighted by Crippen LogP contribution is -2.07. The Bertz CT molecular complexity index is 1050. The van der Waals surface area contributed by atoms with Crippen LogP contribution in [0.3, 0.4) is 0 Å². The number of rotatable bonds is 5. The fourth-order valence-electron chi connectivity index (χ4n) is 3.23. The fraction of sp³-hybridized carbons (Fsp3) is 0.316. The predicted octanol–water partition coefficient (Wildman–Crippen LogP) is 5.46. The topological polar surface area (TPSA) is 78.1 Å². The Kier molecular flexibility index (Phi) is 4.37. The first-order valence-corrected chi connectivity index (χ1v) is 10.6. The highest BCUT2D eigenvalue weighted by atomic mass is 32.2. The summed E-state index contributed by atoms with van der Waals surface area (Å²) >= 11 is 3.22. The van der Waals surface area contributed by atoms with Crippen LogP contribution in [0.1, 0.15) is 29.5 Å². The minimum Gasteiger partial charge on any atom is -0.461 e. The van der Waals surface area contributed by atoms with Crippen LogP contribution in [-0.4, -0.2) is 15.4 Å². The molecule has 0 unspecified atom stereocenters. The third-order valence-corrected chi connectivity index (χ3v) is 6.69. The lowest BCUT2D eigenvalue weighted by atomic mass is 9.90. The second kappa shape index (κ2) is 7.01. The summed E-state index contributed by atoms with van der Waals surface area (Å²) in [5.74, 6) is 3.21. The second-order valence-corrected chi connectivity index (χ2v) is 8.79. The van der Waals surface area contributed by atoms with E-state index in [1.54, 1.807) is 17.6 Å². The van der Waals surface area contributed by atoms with E-state index in [0.717, 1.165) is 29.3 Å². The summed E-state index contributed by atoms with van der Waals surface area (Å²) in [7, 11) is 0. The second-order valence-electron chi connectivity index (χ2n) is 6.73. The van der Waals surface area contributed by atoms with E-state index in [-0.39, 0.29) is 0 Å². The van der Waals surface area contributed by atoms with Crippen molar-refractivity contribution in [2.45, 2.75) is 37.2 Å². The number of thioether (sulfide) groups is 1. The van der Waals surface area contributed by atoms with Crippen molar-refractivity contribution >= 4 is 23.1 Å². The molecule has 0 saturated carbocycles. The van der Waals surface area contributed by atoms with Crippen LogP contribution >= 0.6 is 23.1 Å². The van der Waals surface area contributed by atoms with Crippen molar-refractivity contribution in [1.82, 2.24) is 15.4 Å². The average Bonchev–Trinajstić information content (AvgIpc) is 3.45. The molecule has 0 aromatic carbocycles. The largest absolute Gasteiger partial charge is 0.461 e. The molecule has 138 valence electrons. The number of thiophene rings is 1. The van der Waals surface area contributed by atoms with E-state index < -0.39 is 0 Å². The van der Waals surface area contributed by atoms with Gasteiger partial charge in [0.25, 0.3) is 11.1 Å². The van der Waals surface area contributed by atoms with Crippen molar-refractivity contribution in [3.63, 3.8) is 0 Å². The number of nitrogens with zero attached hydrogens (tertiary/aromatic N) is 3. The zero-order chi connectivity index (χ0) is 18.2. The molecule has 0 fully saturated rings. The van der Waals surface area contributed by atoms with Crippen molar-refractivity contribution in [2.24, 2.45) is 5.92 Å². The molecule has 6 nitrogen and oxygen atoms in total. The highest BCUT2D eigenvalue weighted by molar-refractivity contribution is 7.98. The molecule has 4 aromatic heterocycles. The lowest BCUT2D eigenvalue weighted by Gasteiger charge is -2.16. The van der Waals surface area contributed by atoms with Crippen LogP contribution in [0.5, 0.6) is 0 Å². The van der Waals surface area contributed by atoms with Crippen molar-refractivity contribution in [3.05, 3.63) is 46.7 Å². The van der Waals surface area contributed by atoms with Gasteiger partial charge >= 0.3 is 0 Å². The van der Waals surface area contributed by atoms with Crippen LogP contribution in [0.15, 0.2) is 49.1 Å². The third kappa shape index (κ3) is 3.46. The van der Waals surface area contributed by atoms with Gasteiger partial charge in [-0.15, -0.1) is 21.5 Å². The fourth-order valence-corrected chi connectivity index (χ4v) is 5.00. The summed E-state index contributed by atoms with van der Waals surface area (Å²) in [6, 6.07) is 7.72. The number of furan rings is 1. The van der Waals surface area contributed by atoms with E-state index >= 15 is 0 Å². The molecule has 1 aliphatic carbocycles. The van der Waals surface area contributed by atoms with Crippen LogP contribution in [-0.2, 0) is 18.6 Å². The van der Waals surface area contributed by atoms with E-state index in [4.69, 9.17) is 13.4 Å². The zero-order valence-corrected chi connectivity index (χ0v) is 16.3. The van der Waals surface area contributed by atoms with Gasteiger partial charge in [0.2, 0.25) is 5.76 Å². The monoisotopic (exact) mass is 399 g/mol. The van der Waals surface area contributed by atoms with Crippen LogP contribution in [0.25, 0.3) is 22.3 Å². The molecule has 4 heterocycles. The van der Waals surface area contributed by atoms with Gasteiger partial charge in [-0.3, -0.25) is 0 Å². The Morgan fingerprint density at radius 3 is 3.11 bits per heavy atom. The molecule has 0 amide bonds. The van der Waals surface area contributed by atoms with Gasteiger partial charge in [0.05, 0.1) is 16.8 Å². The van der Waals surface area contributed by atoms with Crippen molar-refractivity contribution < 1.29 is 13.4 Å². The lowest BCUT2D eigenvalue weighted by molar-refractivity contribution is 0.413. The smallest absolute Gasteiger partial charge is 0.277 e. The summed E-state index contributed by atoms with van der Waals surface area (Å²) in [4.78, 5) is 2.53. The molecule has 0 bridgehead atoms. The normalized spacial score (nSPS) is 16.6. The Balaban J connectivity index is 1.26. The van der Waals surface area contributed by atoms with Crippen molar-refractivity contribution in [1.29, 1.82) is 0 Å². The van der Waals surface area contributed by atoms with Crippen LogP contribution < -0.4 is 0 Å². The van der Waals surface area contributed by atoms with Crippen molar-refractivity contribution in [2.75, 3.05) is 0 Å². The molecular formula is C19H17N3O3S2. The minimum atomic E-state index is 0.535. The predicted molar refractivity (Wildman–Crippen MR) is 103 cm³/mol. The average molecular weight is 399 g/mol. The van der Waals surface area contributed by atoms with Gasteiger partial charge < -0.3 is 13.4 Å². The van der Waals surface area contributed by atoms with Crippen molar-refractivity contribution in [3.8, 4) is 22.3 Å². The molecule has 0 spiro atoms. The summed E-state index contributed by atoms with van der Waals surface area (Å²) in [6.07, 6.45) is 5.16. The first-order valence-electron chi connectivity index (χ1n) is 8.82. The standard InChI is InChI=1S/C19H17N3O3S2/c1-11-4-5-16-12(7-11)8-17(27-16)18-20-21-19(24-18)26-10-13-9-15(25-22-13)14-3-2-6-23-14/h2-3,6,8-9,11H,4-5,7,10H2,1H3/t11-/m1/s1. The van der Waals surface area contributed by atoms with E-state index in [1.165, 1.54) is 28.6 Å². The maximum atomic E-state index is 5.85. The van der Waals surface area contributed by atoms with Crippen LogP contribution in [0.4, 0.5) is 0 Å². The van der Waals surface area contributed by atoms with Gasteiger partial charge in [0, 0.05) is 16.7 Å². The molecule has 0 radical (unpaired) electrons. The quantitative estimate of drug-likeness (QED) is 0.412. The number of aromatic nitrogens is 3. The highest BCUT2D eigenvalue weighted by Crippen LogP contribution is 2.37. The van der Waals surface area contributed by atoms with Gasteiger partial charge in [-0.25, -0.2) is 0 Å². The molecule has 27 heavy (non-hydrogen) atoms. The highest BCUT2D eigenvalue weighted by Gasteiger charge is 2.21. The summed E-state index contributed by atoms with van der Waals surface area (Å²) in [6.45, 7) is 2.31. The Morgan fingerprint density at radius 1 is 1.26 bits per heavy atom. The van der Waals surface area contributed by atoms with E-state index in [9.17, 15) is 0 Å². The number of fused-ring (bicyclic) bond motifs is 1. The Morgan fingerprint density at radius 2 is 2.22 bits per heavy atom. The van der Waals surface area contributed by atoms with Gasteiger partial charge in [-0.1, -0.05) is 23.8 Å². The van der Waals surface area contributed by atoms with Gasteiger partial charge in [0.15, 0.2) is 5.76 Å². The maximum absolute atomic E-state index is 5.85. The number of hydrogen-bond acceptors (Lipinski definition) is 8. The van der Waals surface area contributed by atoms with E-state index in [1.807, 2.05) is 18.2 Å². The molecule has 1 atom stereocenters. The number of hydrogen-bond donors (Lipinski definition) is 0. The Labute approximate surface area is 164 Å². The Hall–Kier alpha value is -2.32. The summed E-state index contributed by atoms with van der Waals surface area (Å²) in [5, 5.41) is 13.0. The first kappa shape index (κ1) is 16.8. The molecule has 0 N–H and O–H groups in total. The summed E-state index contributed by atoms with van der Waals surface area (Å²) < 4.78 is 16.5. The SMILES string of the molecule is C[C@@H]1CCc2sc(-c3nnc(SCc4cc(-c5ccco5)on4)o3)cc2C1. The van der Waals surface area contributed by atoms with E-state index in [2.05, 4.69) is 28.3 Å². The van der Waals surface area contributed by atoms with Gasteiger partial charge in [-0.05, 0) is 48.9 Å². The number of aryl methyl sites for hydroxylation is 1. The zero-order valence-electron chi connectivity index (χ0n) is 14.7. The van der Waals surface area contributed by atoms with Crippen LogP contribution in [0.2, 0.25) is 0 Å². The minimum absolute atomic E-state index is 0.535. The third-order valence-electron chi connectivity index (χ3n) is 4.61. The summed E-state index contributed by atoms with van der Waals surface area (Å²) in [5.41, 5.74) is 2.24. The molecule has 8 heteroatoms. The first-order chi connectivity index (χ1) is 13.2. The van der Waals surface area contributed by atoms with Crippen LogP contribution in [0, 0.1) is 5.92 Å². The molecule has 5 rings (SSSR count). The molecule has 0 aliphatic heterocycles. The molecule has 4 aromatic rings. The van der Waals surface area contributed by atoms with Gasteiger partial charge in [0.1, 0.15) is 0 Å². The molecular weight excluding hydrogens is 382 g/mol. The molecule has 1 aliphatic rings. The molecule has 0 saturated heterocycles. The van der Waals surface area contributed by atoms with Gasteiger partial charge in [-0.2, -0.15) is 0 Å². The maximum Gasteiger partial charge on any atom is 0.277 e.